The molecule has 0 aliphatic carbocycles. The number of nitrogens with one attached hydrogen (secondary N) is 1. The number of carbonyl (C=O) groups excluding carboxylic acids is 2. The number of anilines is 2. The van der Waals surface area contributed by atoms with Gasteiger partial charge in [-0.3, -0.25) is 9.48 Å². The standard InChI is InChI=1S/C24H20FN3O5.C7H5F4N/c1-32-17-10-11-21-18(13-17)22(29)28(24(31)26-20-9-4-3-8-19(20)25)27(21)14-15-6-5-7-16(12-15)23(30)33-2;8-5-3-1-2-4(6(5)12)7(9,10)11/h3-13H,14H2,1-2H3,(H,26,31);1-3H,12H2. The van der Waals surface area contributed by atoms with Crippen molar-refractivity contribution < 1.29 is 41.0 Å². The van der Waals surface area contributed by atoms with Crippen molar-refractivity contribution in [1.29, 1.82) is 0 Å². The average Bonchev–Trinajstić information content (AvgIpc) is 3.29. The highest BCUT2D eigenvalue weighted by Crippen LogP contribution is 2.34. The quantitative estimate of drug-likeness (QED) is 0.134. The van der Waals surface area contributed by atoms with E-state index in [9.17, 15) is 36.3 Å². The molecule has 9 nitrogen and oxygen atoms in total. The zero-order valence-corrected chi connectivity index (χ0v) is 23.7. The van der Waals surface area contributed by atoms with Crippen LogP contribution in [-0.4, -0.2) is 35.6 Å². The fourth-order valence-corrected chi connectivity index (χ4v) is 4.33. The van der Waals surface area contributed by atoms with E-state index in [0.29, 0.717) is 22.4 Å². The van der Waals surface area contributed by atoms with Crippen LogP contribution in [0.2, 0.25) is 0 Å². The van der Waals surface area contributed by atoms with E-state index in [1.165, 1.54) is 43.2 Å². The van der Waals surface area contributed by atoms with Crippen LogP contribution < -0.4 is 21.3 Å². The van der Waals surface area contributed by atoms with Gasteiger partial charge in [-0.2, -0.15) is 17.9 Å². The summed E-state index contributed by atoms with van der Waals surface area (Å²) in [6.45, 7) is 0.0839. The minimum absolute atomic E-state index is 0.0588. The van der Waals surface area contributed by atoms with Crippen molar-refractivity contribution in [3.05, 3.63) is 124 Å². The molecule has 234 valence electrons. The Labute approximate surface area is 252 Å². The van der Waals surface area contributed by atoms with Crippen LogP contribution in [0.3, 0.4) is 0 Å². The van der Waals surface area contributed by atoms with E-state index in [-0.39, 0.29) is 17.6 Å². The predicted molar refractivity (Wildman–Crippen MR) is 156 cm³/mol. The first kappa shape index (κ1) is 32.3. The number of ether oxygens (including phenoxy) is 2. The number of carbonyl (C=O) groups is 2. The number of methoxy groups -OCH3 is 2. The Hall–Kier alpha value is -5.66. The van der Waals surface area contributed by atoms with Crippen LogP contribution >= 0.6 is 0 Å². The van der Waals surface area contributed by atoms with Gasteiger partial charge >= 0.3 is 18.2 Å². The van der Waals surface area contributed by atoms with E-state index >= 15 is 0 Å². The molecule has 0 aliphatic rings. The number of alkyl halides is 3. The van der Waals surface area contributed by atoms with Crippen LogP contribution in [0.15, 0.2) is 89.7 Å². The zero-order valence-electron chi connectivity index (χ0n) is 23.7. The molecule has 3 N–H and O–H groups in total. The minimum atomic E-state index is -4.59. The first-order valence-electron chi connectivity index (χ1n) is 13.0. The highest BCUT2D eigenvalue weighted by molar-refractivity contribution is 5.94. The molecule has 14 heteroatoms. The molecule has 1 aromatic heterocycles. The maximum atomic E-state index is 14.1. The van der Waals surface area contributed by atoms with Crippen LogP contribution in [0.1, 0.15) is 21.5 Å². The lowest BCUT2D eigenvalue weighted by Gasteiger charge is -2.14. The van der Waals surface area contributed by atoms with Crippen LogP contribution in [0, 0.1) is 11.6 Å². The number of halogens is 5. The predicted octanol–water partition coefficient (Wildman–Crippen LogP) is 6.29. The fraction of sp³-hybridized carbons (Fsp3) is 0.129. The van der Waals surface area contributed by atoms with Crippen LogP contribution in [0.4, 0.5) is 38.1 Å². The van der Waals surface area contributed by atoms with E-state index in [2.05, 4.69) is 5.32 Å². The third-order valence-corrected chi connectivity index (χ3v) is 6.49. The molecule has 0 unspecified atom stereocenters. The third-order valence-electron chi connectivity index (χ3n) is 6.49. The summed E-state index contributed by atoms with van der Waals surface area (Å²) >= 11 is 0. The molecule has 0 saturated carbocycles. The molecule has 45 heavy (non-hydrogen) atoms. The van der Waals surface area contributed by atoms with Gasteiger partial charge in [0.05, 0.1) is 54.2 Å². The van der Waals surface area contributed by atoms with Crippen molar-refractivity contribution in [1.82, 2.24) is 9.36 Å². The number of nitrogens with zero attached hydrogens (tertiary/aromatic N) is 2. The van der Waals surface area contributed by atoms with Gasteiger partial charge < -0.3 is 20.5 Å². The molecule has 0 fully saturated rings. The molecular weight excluding hydrogens is 603 g/mol. The van der Waals surface area contributed by atoms with Gasteiger partial charge in [0.1, 0.15) is 17.4 Å². The number of nitrogens with two attached hydrogens (primary N) is 1. The summed E-state index contributed by atoms with van der Waals surface area (Å²) in [7, 11) is 2.76. The number of amides is 1. The Bertz CT molecular complexity index is 1930. The van der Waals surface area contributed by atoms with Crippen molar-refractivity contribution in [2.45, 2.75) is 12.7 Å². The molecule has 0 aliphatic heterocycles. The lowest BCUT2D eigenvalue weighted by molar-refractivity contribution is -0.137. The van der Waals surface area contributed by atoms with Crippen LogP contribution in [-0.2, 0) is 17.5 Å². The second-order valence-corrected chi connectivity index (χ2v) is 9.36. The van der Waals surface area contributed by atoms with Crippen LogP contribution in [0.25, 0.3) is 10.9 Å². The lowest BCUT2D eigenvalue weighted by Crippen LogP contribution is -2.34. The largest absolute Gasteiger partial charge is 0.497 e. The number of para-hydroxylation sites is 2. The number of hydrogen-bond acceptors (Lipinski definition) is 6. The van der Waals surface area contributed by atoms with Crippen LogP contribution in [0.5, 0.6) is 5.75 Å². The molecule has 0 bridgehead atoms. The molecule has 1 amide bonds. The summed E-state index contributed by atoms with van der Waals surface area (Å²) < 4.78 is 74.9. The number of nitrogen functional groups attached to an aromatic ring is 1. The van der Waals surface area contributed by atoms with Crippen molar-refractivity contribution in [2.75, 3.05) is 25.3 Å². The highest BCUT2D eigenvalue weighted by Gasteiger charge is 2.33. The van der Waals surface area contributed by atoms with Crippen molar-refractivity contribution in [3.63, 3.8) is 0 Å². The minimum Gasteiger partial charge on any atom is -0.497 e. The van der Waals surface area contributed by atoms with Gasteiger partial charge in [-0.1, -0.05) is 30.3 Å². The van der Waals surface area contributed by atoms with E-state index in [0.717, 1.165) is 22.9 Å². The number of hydrogen-bond donors (Lipinski definition) is 2. The third kappa shape index (κ3) is 7.12. The molecule has 5 rings (SSSR count). The zero-order chi connectivity index (χ0) is 32.9. The molecule has 1 heterocycles. The molecular formula is C31H25F5N4O5. The van der Waals surface area contributed by atoms with Gasteiger partial charge in [-0.05, 0) is 60.2 Å². The average molecular weight is 629 g/mol. The van der Waals surface area contributed by atoms with E-state index in [4.69, 9.17) is 15.2 Å². The molecule has 5 aromatic rings. The first-order valence-corrected chi connectivity index (χ1v) is 13.0. The van der Waals surface area contributed by atoms with Crippen molar-refractivity contribution in [3.8, 4) is 5.75 Å². The summed E-state index contributed by atoms with van der Waals surface area (Å²) in [5.74, 6) is -1.74. The number of benzene rings is 4. The normalized spacial score (nSPS) is 11.0. The van der Waals surface area contributed by atoms with Gasteiger partial charge in [-0.25, -0.2) is 18.4 Å². The Morgan fingerprint density at radius 3 is 2.22 bits per heavy atom. The molecule has 0 spiro atoms. The molecule has 4 aromatic carbocycles. The van der Waals surface area contributed by atoms with Gasteiger partial charge in [0.25, 0.3) is 5.56 Å². The van der Waals surface area contributed by atoms with Gasteiger partial charge in [0.15, 0.2) is 0 Å². The number of rotatable bonds is 5. The number of esters is 1. The Balaban J connectivity index is 0.000000323. The van der Waals surface area contributed by atoms with E-state index in [1.807, 2.05) is 0 Å². The Kier molecular flexibility index (Phi) is 9.55. The topological polar surface area (TPSA) is 118 Å². The smallest absolute Gasteiger partial charge is 0.418 e. The van der Waals surface area contributed by atoms with E-state index < -0.39 is 46.6 Å². The summed E-state index contributed by atoms with van der Waals surface area (Å²) in [6, 6.07) is 18.9. The lowest BCUT2D eigenvalue weighted by atomic mass is 10.1. The van der Waals surface area contributed by atoms with Crippen molar-refractivity contribution >= 4 is 34.3 Å². The van der Waals surface area contributed by atoms with Gasteiger partial charge in [-0.15, -0.1) is 0 Å². The molecule has 0 atom stereocenters. The summed E-state index contributed by atoms with van der Waals surface area (Å²) in [6.07, 6.45) is -4.59. The van der Waals surface area contributed by atoms with Gasteiger partial charge in [0.2, 0.25) is 0 Å². The highest BCUT2D eigenvalue weighted by atomic mass is 19.4. The summed E-state index contributed by atoms with van der Waals surface area (Å²) in [4.78, 5) is 38.2. The summed E-state index contributed by atoms with van der Waals surface area (Å²) in [5, 5.41) is 2.70. The first-order chi connectivity index (χ1) is 21.3. The van der Waals surface area contributed by atoms with Crippen molar-refractivity contribution in [2.24, 2.45) is 0 Å². The maximum Gasteiger partial charge on any atom is 0.418 e. The number of aromatic nitrogens is 2. The van der Waals surface area contributed by atoms with E-state index in [1.54, 1.807) is 42.5 Å². The second kappa shape index (κ2) is 13.3. The fourth-order valence-electron chi connectivity index (χ4n) is 4.33. The summed E-state index contributed by atoms with van der Waals surface area (Å²) in [5.41, 5.74) is 3.67. The Morgan fingerprint density at radius 1 is 0.889 bits per heavy atom. The SMILES string of the molecule is COC(=O)c1cccc(Cn2c3ccc(OC)cc3c(=O)n2C(=O)Nc2ccccc2F)c1.Nc1c(F)cccc1C(F)(F)F. The van der Waals surface area contributed by atoms with Gasteiger partial charge in [0, 0.05) is 0 Å². The monoisotopic (exact) mass is 628 g/mol. The molecule has 0 saturated heterocycles. The second-order valence-electron chi connectivity index (χ2n) is 9.36. The molecule has 0 radical (unpaired) electrons. The number of fused-ring (bicyclic) bond motifs is 1. The Morgan fingerprint density at radius 2 is 1.58 bits per heavy atom. The maximum absolute atomic E-state index is 14.1.